The number of benzene rings is 1. The molecule has 0 spiro atoms. The molecule has 0 aliphatic carbocycles. The van der Waals surface area contributed by atoms with Crippen LogP contribution in [0.3, 0.4) is 0 Å². The predicted molar refractivity (Wildman–Crippen MR) is 78.1 cm³/mol. The van der Waals surface area contributed by atoms with Gasteiger partial charge in [-0.2, -0.15) is 0 Å². The summed E-state index contributed by atoms with van der Waals surface area (Å²) in [4.78, 5) is 36.9. The number of carboxylic acid groups (broad SMARTS) is 1. The smallest absolute Gasteiger partial charge is 0.278 e. The highest BCUT2D eigenvalue weighted by Crippen LogP contribution is 2.16. The fourth-order valence-electron chi connectivity index (χ4n) is 2.72. The maximum absolute atomic E-state index is 12.3. The van der Waals surface area contributed by atoms with Gasteiger partial charge in [0.1, 0.15) is 12.1 Å². The normalized spacial score (nSPS) is 15.7. The van der Waals surface area contributed by atoms with E-state index in [2.05, 4.69) is 10.3 Å². The Hall–Kier alpha value is -2.77. The highest BCUT2D eigenvalue weighted by atomic mass is 16.4. The predicted octanol–water partition coefficient (Wildman–Crippen LogP) is -1.22. The summed E-state index contributed by atoms with van der Waals surface area (Å²) >= 11 is 0. The van der Waals surface area contributed by atoms with Crippen LogP contribution in [0.2, 0.25) is 0 Å². The van der Waals surface area contributed by atoms with E-state index in [-0.39, 0.29) is 18.0 Å². The Labute approximate surface area is 131 Å². The van der Waals surface area contributed by atoms with E-state index in [4.69, 9.17) is 0 Å². The van der Waals surface area contributed by atoms with Gasteiger partial charge in [0.05, 0.1) is 5.39 Å². The molecule has 120 valence electrons. The summed E-state index contributed by atoms with van der Waals surface area (Å²) in [6, 6.07) is 6.80. The number of carbonyl (C=O) groups is 2. The van der Waals surface area contributed by atoms with Gasteiger partial charge in [-0.05, 0) is 25.0 Å². The first kappa shape index (κ1) is 15.1. The molecule has 0 saturated carbocycles. The van der Waals surface area contributed by atoms with Gasteiger partial charge in [0.25, 0.3) is 5.56 Å². The number of hydrogen-bond donors (Lipinski definition) is 0. The molecule has 0 bridgehead atoms. The Bertz CT molecular complexity index is 808. The lowest BCUT2D eigenvalue weighted by molar-refractivity contribution is -0.312. The van der Waals surface area contributed by atoms with Crippen LogP contribution in [-0.2, 0) is 16.1 Å². The van der Waals surface area contributed by atoms with Crippen molar-refractivity contribution in [3.05, 3.63) is 34.6 Å². The summed E-state index contributed by atoms with van der Waals surface area (Å²) < 4.78 is 1.04. The number of fused-ring (bicyclic) bond motifs is 1. The molecule has 1 amide bonds. The Morgan fingerprint density at radius 1 is 1.22 bits per heavy atom. The summed E-state index contributed by atoms with van der Waals surface area (Å²) in [6.45, 7) is 0.479. The zero-order valence-corrected chi connectivity index (χ0v) is 12.3. The summed E-state index contributed by atoms with van der Waals surface area (Å²) in [5, 5.41) is 18.9. The minimum absolute atomic E-state index is 0.202. The van der Waals surface area contributed by atoms with Gasteiger partial charge in [0.15, 0.2) is 0 Å². The summed E-state index contributed by atoms with van der Waals surface area (Å²) in [6.07, 6.45) is 0.735. The quantitative estimate of drug-likeness (QED) is 0.702. The Balaban J connectivity index is 1.73. The van der Waals surface area contributed by atoms with E-state index in [1.807, 2.05) is 0 Å². The van der Waals surface area contributed by atoms with Gasteiger partial charge < -0.3 is 14.8 Å². The van der Waals surface area contributed by atoms with Crippen molar-refractivity contribution in [2.24, 2.45) is 5.92 Å². The van der Waals surface area contributed by atoms with Gasteiger partial charge in [-0.1, -0.05) is 17.3 Å². The number of amides is 1. The average Bonchev–Trinajstić information content (AvgIpc) is 2.57. The van der Waals surface area contributed by atoms with Gasteiger partial charge in [0, 0.05) is 25.0 Å². The lowest BCUT2D eigenvalue weighted by Gasteiger charge is -2.32. The number of rotatable bonds is 3. The first-order valence-corrected chi connectivity index (χ1v) is 7.37. The van der Waals surface area contributed by atoms with Crippen LogP contribution in [0.25, 0.3) is 10.9 Å². The maximum atomic E-state index is 12.3. The molecule has 8 nitrogen and oxygen atoms in total. The largest absolute Gasteiger partial charge is 0.550 e. The van der Waals surface area contributed by atoms with Crippen molar-refractivity contribution in [3.8, 4) is 0 Å². The number of nitrogens with zero attached hydrogens (tertiary/aromatic N) is 4. The van der Waals surface area contributed by atoms with Gasteiger partial charge in [-0.25, -0.2) is 4.68 Å². The monoisotopic (exact) mass is 315 g/mol. The van der Waals surface area contributed by atoms with Gasteiger partial charge >= 0.3 is 0 Å². The second kappa shape index (κ2) is 6.15. The molecule has 1 aromatic heterocycles. The molecule has 1 aliphatic heterocycles. The van der Waals surface area contributed by atoms with Gasteiger partial charge in [-0.15, -0.1) is 5.10 Å². The molecular weight excluding hydrogens is 300 g/mol. The first-order chi connectivity index (χ1) is 11.1. The van der Waals surface area contributed by atoms with Crippen molar-refractivity contribution in [1.29, 1.82) is 0 Å². The summed E-state index contributed by atoms with van der Waals surface area (Å²) in [7, 11) is 0. The van der Waals surface area contributed by atoms with E-state index in [9.17, 15) is 19.5 Å². The summed E-state index contributed by atoms with van der Waals surface area (Å²) in [5.41, 5.74) is 0.115. The molecule has 1 fully saturated rings. The molecule has 0 N–H and O–H groups in total. The van der Waals surface area contributed by atoms with Crippen LogP contribution in [0.15, 0.2) is 29.1 Å². The molecule has 0 radical (unpaired) electrons. The van der Waals surface area contributed by atoms with Crippen molar-refractivity contribution in [2.45, 2.75) is 19.4 Å². The second-order valence-electron chi connectivity index (χ2n) is 5.54. The van der Waals surface area contributed by atoms with Gasteiger partial charge in [0.2, 0.25) is 5.91 Å². The lowest BCUT2D eigenvalue weighted by Crippen LogP contribution is -2.45. The van der Waals surface area contributed by atoms with Crippen LogP contribution in [0.4, 0.5) is 0 Å². The van der Waals surface area contributed by atoms with Crippen molar-refractivity contribution < 1.29 is 14.7 Å². The highest BCUT2D eigenvalue weighted by Gasteiger charge is 2.24. The molecule has 1 aliphatic rings. The Kier molecular flexibility index (Phi) is 4.05. The molecule has 1 saturated heterocycles. The number of hydrogen-bond acceptors (Lipinski definition) is 6. The van der Waals surface area contributed by atoms with E-state index < -0.39 is 11.9 Å². The molecule has 0 atom stereocenters. The Morgan fingerprint density at radius 3 is 2.61 bits per heavy atom. The molecule has 0 unspecified atom stereocenters. The summed E-state index contributed by atoms with van der Waals surface area (Å²) in [5.74, 6) is -1.86. The number of carbonyl (C=O) groups excluding carboxylic acids is 2. The van der Waals surface area contributed by atoms with E-state index >= 15 is 0 Å². The van der Waals surface area contributed by atoms with E-state index in [0.717, 1.165) is 4.68 Å². The van der Waals surface area contributed by atoms with Crippen molar-refractivity contribution in [1.82, 2.24) is 19.9 Å². The van der Waals surface area contributed by atoms with Crippen LogP contribution in [-0.4, -0.2) is 44.9 Å². The number of aliphatic carboxylic acids is 1. The second-order valence-corrected chi connectivity index (χ2v) is 5.54. The Morgan fingerprint density at radius 2 is 1.91 bits per heavy atom. The highest BCUT2D eigenvalue weighted by molar-refractivity contribution is 5.78. The molecule has 2 aromatic rings. The van der Waals surface area contributed by atoms with E-state index in [1.165, 1.54) is 0 Å². The minimum atomic E-state index is -1.08. The molecule has 3 rings (SSSR count). The average molecular weight is 315 g/mol. The van der Waals surface area contributed by atoms with E-state index in [1.54, 1.807) is 29.2 Å². The van der Waals surface area contributed by atoms with Crippen LogP contribution in [0, 0.1) is 5.92 Å². The van der Waals surface area contributed by atoms with Crippen molar-refractivity contribution >= 4 is 22.8 Å². The SMILES string of the molecule is O=C([O-])C1CCN(C(=O)Cn2nnc3ccccc3c2=O)CC1. The molecular formula is C15H15N4O4-. The van der Waals surface area contributed by atoms with Crippen LogP contribution >= 0.6 is 0 Å². The maximum Gasteiger partial charge on any atom is 0.278 e. The van der Waals surface area contributed by atoms with Crippen molar-refractivity contribution in [3.63, 3.8) is 0 Å². The molecule has 23 heavy (non-hydrogen) atoms. The third-order valence-electron chi connectivity index (χ3n) is 4.10. The molecule has 1 aromatic carbocycles. The lowest BCUT2D eigenvalue weighted by atomic mass is 9.97. The van der Waals surface area contributed by atoms with Crippen LogP contribution in [0.5, 0.6) is 0 Å². The van der Waals surface area contributed by atoms with Crippen LogP contribution < -0.4 is 10.7 Å². The number of carboxylic acids is 1. The van der Waals surface area contributed by atoms with Crippen LogP contribution in [0.1, 0.15) is 12.8 Å². The molecule has 8 heteroatoms. The first-order valence-electron chi connectivity index (χ1n) is 7.37. The molecule has 2 heterocycles. The number of aromatic nitrogens is 3. The van der Waals surface area contributed by atoms with Crippen molar-refractivity contribution in [2.75, 3.05) is 13.1 Å². The minimum Gasteiger partial charge on any atom is -0.550 e. The fraction of sp³-hybridized carbons (Fsp3) is 0.400. The number of likely N-dealkylation sites (tertiary alicyclic amines) is 1. The fourth-order valence-corrected chi connectivity index (χ4v) is 2.72. The zero-order chi connectivity index (χ0) is 16.4. The zero-order valence-electron chi connectivity index (χ0n) is 12.3. The van der Waals surface area contributed by atoms with Gasteiger partial charge in [-0.3, -0.25) is 9.59 Å². The third-order valence-corrected chi connectivity index (χ3v) is 4.10. The van der Waals surface area contributed by atoms with E-state index in [0.29, 0.717) is 36.8 Å². The standard InChI is InChI=1S/C15H16N4O4/c20-13(18-7-5-10(6-8-18)15(22)23)9-19-14(21)11-3-1-2-4-12(11)16-17-19/h1-4,10H,5-9H2,(H,22,23)/p-1. The topological polar surface area (TPSA) is 108 Å². The third kappa shape index (κ3) is 3.05. The number of piperidine rings is 1.